The molecule has 0 amide bonds. The van der Waals surface area contributed by atoms with Crippen LogP contribution in [0.3, 0.4) is 0 Å². The molecule has 2 atom stereocenters. The van der Waals surface area contributed by atoms with Crippen molar-refractivity contribution >= 4 is 30.1 Å². The van der Waals surface area contributed by atoms with Gasteiger partial charge in [0.25, 0.3) is 25.0 Å². The molecule has 0 aromatic heterocycles. The van der Waals surface area contributed by atoms with Crippen LogP contribution in [0.2, 0.25) is 0 Å². The van der Waals surface area contributed by atoms with Crippen LogP contribution in [0.4, 0.5) is 26.3 Å². The van der Waals surface area contributed by atoms with Crippen molar-refractivity contribution in [2.75, 3.05) is 26.7 Å². The van der Waals surface area contributed by atoms with Crippen LogP contribution in [0.5, 0.6) is 0 Å². The van der Waals surface area contributed by atoms with Crippen LogP contribution in [-0.2, 0) is 30.1 Å². The highest BCUT2D eigenvalue weighted by atomic mass is 32.3. The zero-order chi connectivity index (χ0) is 26.7. The third kappa shape index (κ3) is 6.39. The Morgan fingerprint density at radius 2 is 1.33 bits per heavy atom. The molecule has 0 aliphatic rings. The zero-order valence-electron chi connectivity index (χ0n) is 18.4. The first-order valence-electron chi connectivity index (χ1n) is 9.20. The van der Waals surface area contributed by atoms with Crippen LogP contribution in [0.25, 0.3) is 0 Å². The molecule has 0 spiro atoms. The summed E-state index contributed by atoms with van der Waals surface area (Å²) in [5.74, 6) is 0. The SMILES string of the molecule is C/C=C/C(F)(F)S(=O)(=O)NS(=O)(=O)C(F)(F)C(C)(F)C(C)(F)S(=O)(=O)NCCN(C)CCC. The van der Waals surface area contributed by atoms with E-state index in [1.54, 1.807) is 18.9 Å². The van der Waals surface area contributed by atoms with Gasteiger partial charge in [-0.3, -0.25) is 0 Å². The highest BCUT2D eigenvalue weighted by Gasteiger charge is 2.75. The van der Waals surface area contributed by atoms with Crippen molar-refractivity contribution in [3.63, 3.8) is 0 Å². The van der Waals surface area contributed by atoms with Crippen molar-refractivity contribution in [2.45, 2.75) is 55.3 Å². The van der Waals surface area contributed by atoms with Gasteiger partial charge >= 0.3 is 10.5 Å². The minimum absolute atomic E-state index is 0.0356. The topological polar surface area (TPSA) is 130 Å². The number of hydrogen-bond acceptors (Lipinski definition) is 7. The van der Waals surface area contributed by atoms with Crippen molar-refractivity contribution in [1.29, 1.82) is 0 Å². The van der Waals surface area contributed by atoms with Gasteiger partial charge in [-0.1, -0.05) is 17.1 Å². The highest BCUT2D eigenvalue weighted by molar-refractivity contribution is 8.05. The molecular formula is C15H27F6N3O6S3. The summed E-state index contributed by atoms with van der Waals surface area (Å²) in [5.41, 5.74) is -5.15. The van der Waals surface area contributed by atoms with Gasteiger partial charge in [-0.05, 0) is 46.9 Å². The van der Waals surface area contributed by atoms with E-state index in [0.29, 0.717) is 19.0 Å². The van der Waals surface area contributed by atoms with Crippen LogP contribution >= 0.6 is 0 Å². The third-order valence-corrected chi connectivity index (χ3v) is 10.2. The lowest BCUT2D eigenvalue weighted by Crippen LogP contribution is -2.66. The number of halogens is 6. The van der Waals surface area contributed by atoms with Gasteiger partial charge in [0.05, 0.1) is 0 Å². The normalized spacial score (nSPS) is 18.4. The van der Waals surface area contributed by atoms with Gasteiger partial charge in [0.15, 0.2) is 0 Å². The molecule has 2 N–H and O–H groups in total. The minimum atomic E-state index is -6.96. The summed E-state index contributed by atoms with van der Waals surface area (Å²) in [7, 11) is -17.5. The summed E-state index contributed by atoms with van der Waals surface area (Å²) in [6, 6.07) is 0. The molecule has 0 aliphatic heterocycles. The van der Waals surface area contributed by atoms with Crippen molar-refractivity contribution in [3.8, 4) is 0 Å². The van der Waals surface area contributed by atoms with Gasteiger partial charge in [0, 0.05) is 13.1 Å². The number of nitrogens with zero attached hydrogens (tertiary/aromatic N) is 1. The third-order valence-electron chi connectivity index (χ3n) is 4.56. The largest absolute Gasteiger partial charge is 0.397 e. The smallest absolute Gasteiger partial charge is 0.305 e. The Morgan fingerprint density at radius 3 is 1.76 bits per heavy atom. The molecule has 33 heavy (non-hydrogen) atoms. The summed E-state index contributed by atoms with van der Waals surface area (Å²) >= 11 is 0. The van der Waals surface area contributed by atoms with Gasteiger partial charge < -0.3 is 4.90 Å². The van der Waals surface area contributed by atoms with Gasteiger partial charge in [-0.15, -0.1) is 0 Å². The van der Waals surface area contributed by atoms with Crippen molar-refractivity contribution in [2.24, 2.45) is 0 Å². The second kappa shape index (κ2) is 10.3. The average molecular weight is 556 g/mol. The number of hydrogen-bond donors (Lipinski definition) is 2. The number of likely N-dealkylation sites (N-methyl/N-ethyl adjacent to an activating group) is 1. The lowest BCUT2D eigenvalue weighted by molar-refractivity contribution is -0.112. The fourth-order valence-corrected chi connectivity index (χ4v) is 6.66. The van der Waals surface area contributed by atoms with E-state index in [9.17, 15) is 47.2 Å². The van der Waals surface area contributed by atoms with Gasteiger partial charge in [0.1, 0.15) is 0 Å². The van der Waals surface area contributed by atoms with Crippen LogP contribution in [0.1, 0.15) is 34.1 Å². The van der Waals surface area contributed by atoms with E-state index in [1.807, 2.05) is 0 Å². The Balaban J connectivity index is 6.12. The maximum absolute atomic E-state index is 15.0. The number of sulfonamides is 3. The van der Waals surface area contributed by atoms with E-state index in [-0.39, 0.29) is 23.7 Å². The number of allylic oxidation sites excluding steroid dienone is 1. The molecule has 0 radical (unpaired) electrons. The van der Waals surface area contributed by atoms with E-state index >= 15 is 4.39 Å². The highest BCUT2D eigenvalue weighted by Crippen LogP contribution is 2.48. The van der Waals surface area contributed by atoms with Crippen LogP contribution in [0.15, 0.2) is 12.2 Å². The molecule has 18 heteroatoms. The van der Waals surface area contributed by atoms with E-state index < -0.39 is 64.7 Å². The van der Waals surface area contributed by atoms with Gasteiger partial charge in [-0.25, -0.2) is 38.8 Å². The molecule has 0 saturated carbocycles. The van der Waals surface area contributed by atoms with Gasteiger partial charge in [-0.2, -0.15) is 17.6 Å². The lowest BCUT2D eigenvalue weighted by atomic mass is 10.0. The first kappa shape index (κ1) is 32.0. The number of nitrogens with one attached hydrogen (secondary N) is 2. The number of rotatable bonds is 14. The van der Waals surface area contributed by atoms with Crippen molar-refractivity contribution < 1.29 is 51.6 Å². The Labute approximate surface area is 189 Å². The van der Waals surface area contributed by atoms with Crippen molar-refractivity contribution in [1.82, 2.24) is 13.7 Å². The first-order valence-corrected chi connectivity index (χ1v) is 13.6. The molecule has 9 nitrogen and oxygen atoms in total. The van der Waals surface area contributed by atoms with Crippen LogP contribution in [0, 0.1) is 0 Å². The second-order valence-electron chi connectivity index (χ2n) is 7.29. The molecule has 0 fully saturated rings. The Morgan fingerprint density at radius 1 is 0.848 bits per heavy atom. The quantitative estimate of drug-likeness (QED) is 0.246. The Kier molecular flexibility index (Phi) is 10.1. The predicted octanol–water partition coefficient (Wildman–Crippen LogP) is 1.67. The molecule has 0 heterocycles. The monoisotopic (exact) mass is 555 g/mol. The standard InChI is InChI=1S/C15H27F6N3O6S3/c1-6-8-14(18,19)32(27,28)23-33(29,30)15(20,21)12(3,16)13(4,17)31(25,26)22-9-11-24(5)10-7-2/h6,8,22-23H,7,9-11H2,1-5H3/b8-6+. The molecule has 198 valence electrons. The fourth-order valence-electron chi connectivity index (χ4n) is 2.30. The minimum Gasteiger partial charge on any atom is -0.305 e. The maximum Gasteiger partial charge on any atom is 0.397 e. The Hall–Kier alpha value is -0.950. The van der Waals surface area contributed by atoms with Crippen LogP contribution < -0.4 is 8.85 Å². The summed E-state index contributed by atoms with van der Waals surface area (Å²) in [6.07, 6.45) is 0.749. The number of alkyl halides is 6. The fraction of sp³-hybridized carbons (Fsp3) is 0.867. The van der Waals surface area contributed by atoms with Gasteiger partial charge in [0.2, 0.25) is 15.7 Å². The summed E-state index contributed by atoms with van der Waals surface area (Å²) in [5, 5.41) is -15.9. The molecule has 0 aliphatic carbocycles. The van der Waals surface area contributed by atoms with E-state index in [0.717, 1.165) is 6.92 Å². The summed E-state index contributed by atoms with van der Waals surface area (Å²) in [6.45, 7) is 1.87. The molecule has 0 aromatic rings. The lowest BCUT2D eigenvalue weighted by Gasteiger charge is -2.37. The second-order valence-corrected chi connectivity index (χ2v) is 13.1. The summed E-state index contributed by atoms with van der Waals surface area (Å²) in [4.78, 5) is 1.56. The maximum atomic E-state index is 15.0. The average Bonchev–Trinajstić information content (AvgIpc) is 2.60. The van der Waals surface area contributed by atoms with Crippen molar-refractivity contribution in [3.05, 3.63) is 12.2 Å². The Bertz CT molecular complexity index is 1030. The first-order chi connectivity index (χ1) is 14.5. The molecule has 0 aromatic carbocycles. The molecule has 0 bridgehead atoms. The molecule has 0 saturated heterocycles. The zero-order valence-corrected chi connectivity index (χ0v) is 20.8. The predicted molar refractivity (Wildman–Crippen MR) is 109 cm³/mol. The molecular weight excluding hydrogens is 528 g/mol. The van der Waals surface area contributed by atoms with E-state index in [1.165, 1.54) is 4.72 Å². The molecule has 0 rings (SSSR count). The summed E-state index contributed by atoms with van der Waals surface area (Å²) < 4.78 is 159. The van der Waals surface area contributed by atoms with Crippen LogP contribution in [-0.4, -0.2) is 78.0 Å². The molecule has 2 unspecified atom stereocenters. The van der Waals surface area contributed by atoms with E-state index in [4.69, 9.17) is 0 Å². The van der Waals surface area contributed by atoms with E-state index in [2.05, 4.69) is 0 Å².